The maximum Gasteiger partial charge on any atom is 0.00967 e. The van der Waals surface area contributed by atoms with Crippen molar-refractivity contribution in [1.82, 2.24) is 5.32 Å². The number of rotatable bonds is 5. The van der Waals surface area contributed by atoms with Crippen LogP contribution in [0, 0.1) is 25.2 Å². The van der Waals surface area contributed by atoms with E-state index >= 15 is 0 Å². The van der Waals surface area contributed by atoms with Gasteiger partial charge in [0.05, 0.1) is 0 Å². The summed E-state index contributed by atoms with van der Waals surface area (Å²) in [6.07, 6.45) is 4.02. The Morgan fingerprint density at radius 1 is 1.10 bits per heavy atom. The van der Waals surface area contributed by atoms with Crippen molar-refractivity contribution in [2.24, 2.45) is 11.3 Å². The molecular weight excluding hydrogens is 242 g/mol. The fourth-order valence-corrected chi connectivity index (χ4v) is 3.02. The summed E-state index contributed by atoms with van der Waals surface area (Å²) in [5.41, 5.74) is 4.96. The molecule has 1 N–H and O–H groups in total. The molecule has 0 aromatic heterocycles. The maximum absolute atomic E-state index is 3.74. The van der Waals surface area contributed by atoms with Crippen LogP contribution in [0.5, 0.6) is 0 Å². The highest BCUT2D eigenvalue weighted by molar-refractivity contribution is 5.31. The second-order valence-corrected chi connectivity index (χ2v) is 8.14. The largest absolute Gasteiger partial charge is 0.312 e. The van der Waals surface area contributed by atoms with Gasteiger partial charge in [0.15, 0.2) is 0 Å². The third-order valence-corrected chi connectivity index (χ3v) is 4.68. The lowest BCUT2D eigenvalue weighted by molar-refractivity contribution is 0.227. The van der Waals surface area contributed by atoms with E-state index in [2.05, 4.69) is 65.1 Å². The summed E-state index contributed by atoms with van der Waals surface area (Å²) in [5, 5.41) is 3.74. The minimum absolute atomic E-state index is 0.206. The quantitative estimate of drug-likeness (QED) is 0.823. The Kier molecular flexibility index (Phi) is 4.30. The summed E-state index contributed by atoms with van der Waals surface area (Å²) in [6.45, 7) is 14.8. The van der Waals surface area contributed by atoms with Gasteiger partial charge in [0.1, 0.15) is 0 Å². The van der Waals surface area contributed by atoms with Crippen LogP contribution in [0.15, 0.2) is 18.2 Å². The molecule has 1 unspecified atom stereocenters. The van der Waals surface area contributed by atoms with Crippen molar-refractivity contribution in [2.45, 2.75) is 66.3 Å². The lowest BCUT2D eigenvalue weighted by atomic mass is 9.77. The van der Waals surface area contributed by atoms with Gasteiger partial charge >= 0.3 is 0 Å². The molecule has 1 atom stereocenters. The van der Waals surface area contributed by atoms with E-state index in [1.807, 2.05) is 0 Å². The SMILES string of the molecule is Cc1ccc(C)c(CC(C)(CNC(C)(C)C)C2CC2)c1. The predicted molar refractivity (Wildman–Crippen MR) is 88.2 cm³/mol. The summed E-state index contributed by atoms with van der Waals surface area (Å²) in [6, 6.07) is 6.88. The first-order chi connectivity index (χ1) is 9.20. The van der Waals surface area contributed by atoms with E-state index in [1.165, 1.54) is 36.0 Å². The predicted octanol–water partition coefficient (Wildman–Crippen LogP) is 4.65. The van der Waals surface area contributed by atoms with Crippen LogP contribution in [0.4, 0.5) is 0 Å². The maximum atomic E-state index is 3.74. The molecule has 0 aliphatic heterocycles. The molecule has 20 heavy (non-hydrogen) atoms. The lowest BCUT2D eigenvalue weighted by Gasteiger charge is -2.34. The number of hydrogen-bond donors (Lipinski definition) is 1. The van der Waals surface area contributed by atoms with Crippen LogP contribution >= 0.6 is 0 Å². The third kappa shape index (κ3) is 4.09. The summed E-state index contributed by atoms with van der Waals surface area (Å²) >= 11 is 0. The van der Waals surface area contributed by atoms with Crippen molar-refractivity contribution in [1.29, 1.82) is 0 Å². The van der Waals surface area contributed by atoms with E-state index < -0.39 is 0 Å². The zero-order valence-electron chi connectivity index (χ0n) is 14.1. The molecule has 1 nitrogen and oxygen atoms in total. The molecule has 1 heteroatoms. The molecule has 112 valence electrons. The van der Waals surface area contributed by atoms with Crippen molar-refractivity contribution in [3.8, 4) is 0 Å². The Balaban J connectivity index is 2.14. The van der Waals surface area contributed by atoms with Crippen LogP contribution in [0.1, 0.15) is 57.2 Å². The number of hydrogen-bond acceptors (Lipinski definition) is 1. The molecule has 1 saturated carbocycles. The Morgan fingerprint density at radius 3 is 2.30 bits per heavy atom. The Morgan fingerprint density at radius 2 is 1.75 bits per heavy atom. The molecule has 0 amide bonds. The highest BCUT2D eigenvalue weighted by Crippen LogP contribution is 2.47. The first kappa shape index (κ1) is 15.6. The van der Waals surface area contributed by atoms with Crippen LogP contribution in [-0.4, -0.2) is 12.1 Å². The molecule has 0 saturated heterocycles. The number of nitrogens with one attached hydrogen (secondary N) is 1. The highest BCUT2D eigenvalue weighted by atomic mass is 15.0. The van der Waals surface area contributed by atoms with E-state index in [0.717, 1.165) is 12.5 Å². The molecule has 1 aromatic rings. The lowest BCUT2D eigenvalue weighted by Crippen LogP contribution is -2.44. The van der Waals surface area contributed by atoms with E-state index in [-0.39, 0.29) is 5.54 Å². The van der Waals surface area contributed by atoms with Crippen molar-refractivity contribution in [3.05, 3.63) is 34.9 Å². The zero-order chi connectivity index (χ0) is 15.0. The number of aryl methyl sites for hydroxylation is 2. The molecule has 2 rings (SSSR count). The van der Waals surface area contributed by atoms with Crippen molar-refractivity contribution in [3.63, 3.8) is 0 Å². The average molecular weight is 273 g/mol. The first-order valence-corrected chi connectivity index (χ1v) is 8.01. The van der Waals surface area contributed by atoms with Gasteiger partial charge in [-0.05, 0) is 76.3 Å². The average Bonchev–Trinajstić information content (AvgIpc) is 3.15. The van der Waals surface area contributed by atoms with Crippen molar-refractivity contribution in [2.75, 3.05) is 6.54 Å². The minimum atomic E-state index is 0.206. The van der Waals surface area contributed by atoms with E-state index in [1.54, 1.807) is 0 Å². The van der Waals surface area contributed by atoms with Gasteiger partial charge in [-0.1, -0.05) is 30.7 Å². The van der Waals surface area contributed by atoms with E-state index in [4.69, 9.17) is 0 Å². The molecule has 1 fully saturated rings. The molecule has 0 heterocycles. The van der Waals surface area contributed by atoms with Crippen LogP contribution in [0.2, 0.25) is 0 Å². The molecule has 1 aromatic carbocycles. The first-order valence-electron chi connectivity index (χ1n) is 8.01. The normalized spacial score (nSPS) is 18.9. The van der Waals surface area contributed by atoms with Crippen LogP contribution in [-0.2, 0) is 6.42 Å². The summed E-state index contributed by atoms with van der Waals surface area (Å²) in [7, 11) is 0. The molecule has 0 bridgehead atoms. The second-order valence-electron chi connectivity index (χ2n) is 8.14. The molecule has 1 aliphatic rings. The van der Waals surface area contributed by atoms with Gasteiger partial charge in [-0.3, -0.25) is 0 Å². The molecule has 1 aliphatic carbocycles. The zero-order valence-corrected chi connectivity index (χ0v) is 14.1. The van der Waals surface area contributed by atoms with Crippen molar-refractivity contribution >= 4 is 0 Å². The van der Waals surface area contributed by atoms with Crippen molar-refractivity contribution < 1.29 is 0 Å². The summed E-state index contributed by atoms with van der Waals surface area (Å²) in [5.74, 6) is 0.900. The summed E-state index contributed by atoms with van der Waals surface area (Å²) < 4.78 is 0. The highest BCUT2D eigenvalue weighted by Gasteiger charge is 2.41. The second kappa shape index (κ2) is 5.52. The smallest absolute Gasteiger partial charge is 0.00967 e. The number of benzene rings is 1. The molecule has 0 spiro atoms. The Labute approximate surface area is 125 Å². The Hall–Kier alpha value is -0.820. The van der Waals surface area contributed by atoms with Gasteiger partial charge in [0.25, 0.3) is 0 Å². The fraction of sp³-hybridized carbons (Fsp3) is 0.684. The van der Waals surface area contributed by atoms with Crippen LogP contribution < -0.4 is 5.32 Å². The van der Waals surface area contributed by atoms with Gasteiger partial charge in [-0.2, -0.15) is 0 Å². The third-order valence-electron chi connectivity index (χ3n) is 4.68. The fourth-order valence-electron chi connectivity index (χ4n) is 3.02. The van der Waals surface area contributed by atoms with Gasteiger partial charge in [0, 0.05) is 12.1 Å². The van der Waals surface area contributed by atoms with Gasteiger partial charge < -0.3 is 5.32 Å². The van der Waals surface area contributed by atoms with E-state index in [9.17, 15) is 0 Å². The van der Waals surface area contributed by atoms with Gasteiger partial charge in [-0.25, -0.2) is 0 Å². The minimum Gasteiger partial charge on any atom is -0.312 e. The van der Waals surface area contributed by atoms with Gasteiger partial charge in [-0.15, -0.1) is 0 Å². The monoisotopic (exact) mass is 273 g/mol. The summed E-state index contributed by atoms with van der Waals surface area (Å²) in [4.78, 5) is 0. The van der Waals surface area contributed by atoms with Gasteiger partial charge in [0.2, 0.25) is 0 Å². The van der Waals surface area contributed by atoms with Crippen LogP contribution in [0.3, 0.4) is 0 Å². The standard InChI is InChI=1S/C19H31N/c1-14-7-8-15(2)16(11-14)12-19(6,17-9-10-17)13-20-18(3,4)5/h7-8,11,17,20H,9-10,12-13H2,1-6H3. The molecule has 0 radical (unpaired) electrons. The van der Waals surface area contributed by atoms with Crippen LogP contribution in [0.25, 0.3) is 0 Å². The van der Waals surface area contributed by atoms with E-state index in [0.29, 0.717) is 5.41 Å². The molecular formula is C19H31N. The topological polar surface area (TPSA) is 12.0 Å². The Bertz CT molecular complexity index is 465.